The van der Waals surface area contributed by atoms with Gasteiger partial charge >= 0.3 is 5.92 Å². The van der Waals surface area contributed by atoms with Crippen molar-refractivity contribution in [3.8, 4) is 0 Å². The molecule has 36 heavy (non-hydrogen) atoms. The van der Waals surface area contributed by atoms with Crippen molar-refractivity contribution in [1.82, 2.24) is 15.0 Å². The third kappa shape index (κ3) is 4.23. The van der Waals surface area contributed by atoms with Crippen LogP contribution in [0.1, 0.15) is 39.9 Å². The predicted octanol–water partition coefficient (Wildman–Crippen LogP) is -2.10. The van der Waals surface area contributed by atoms with Crippen molar-refractivity contribution in [1.29, 1.82) is 0 Å². The minimum atomic E-state index is -3.75. The Morgan fingerprint density at radius 2 is 1.81 bits per heavy atom. The summed E-state index contributed by atoms with van der Waals surface area (Å²) < 4.78 is 29.8. The summed E-state index contributed by atoms with van der Waals surface area (Å²) in [5.74, 6) is -6.35. The second-order valence-corrected chi connectivity index (χ2v) is 10.2. The van der Waals surface area contributed by atoms with Crippen LogP contribution in [-0.4, -0.2) is 70.9 Å². The van der Waals surface area contributed by atoms with Crippen molar-refractivity contribution in [3.63, 3.8) is 0 Å². The molecule has 2 aromatic carbocycles. The van der Waals surface area contributed by atoms with Gasteiger partial charge in [-0.2, -0.15) is 8.78 Å². The number of nitrogens with zero attached hydrogens (tertiary/aromatic N) is 2. The third-order valence-corrected chi connectivity index (χ3v) is 7.24. The van der Waals surface area contributed by atoms with Crippen LogP contribution in [0.15, 0.2) is 36.4 Å². The first kappa shape index (κ1) is 26.0. The molecule has 0 bridgehead atoms. The fourth-order valence-electron chi connectivity index (χ4n) is 5.21. The Kier molecular flexibility index (Phi) is 6.58. The number of alkyl halides is 2. The second-order valence-electron chi connectivity index (χ2n) is 9.72. The molecule has 0 spiro atoms. The average molecular weight is 509 g/mol. The summed E-state index contributed by atoms with van der Waals surface area (Å²) >= 11 is 5.78. The fourth-order valence-corrected chi connectivity index (χ4v) is 5.33. The number of hydrogen-bond acceptors (Lipinski definition) is 4. The summed E-state index contributed by atoms with van der Waals surface area (Å²) in [4.78, 5) is 52.6. The Morgan fingerprint density at radius 3 is 2.42 bits per heavy atom. The van der Waals surface area contributed by atoms with Crippen molar-refractivity contribution in [2.75, 3.05) is 0 Å². The molecule has 2 aromatic rings. The normalized spacial score (nSPS) is 19.1. The van der Waals surface area contributed by atoms with Gasteiger partial charge in [-0.15, -0.1) is 0 Å². The zero-order chi connectivity index (χ0) is 26.6. The molecule has 0 aliphatic carbocycles. The summed E-state index contributed by atoms with van der Waals surface area (Å²) in [6.45, 7) is -0.107. The van der Waals surface area contributed by atoms with Gasteiger partial charge in [-0.25, -0.2) is 0 Å². The van der Waals surface area contributed by atoms with Crippen LogP contribution in [0.2, 0.25) is 5.02 Å². The van der Waals surface area contributed by atoms with Crippen LogP contribution in [0.3, 0.4) is 0 Å². The molecule has 2 aliphatic heterocycles. The number of hydrogen-bond donors (Lipinski definition) is 1. The maximum atomic E-state index is 14.9. The number of rotatable bonds is 5. The van der Waals surface area contributed by atoms with Crippen molar-refractivity contribution in [3.05, 3.63) is 63.7 Å². The van der Waals surface area contributed by atoms with Gasteiger partial charge in [0.25, 0.3) is 11.8 Å². The molecule has 1 unspecified atom stereocenters. The Bertz CT molecular complexity index is 1290. The fraction of sp³-hybridized carbons (Fsp3) is 0.273. The van der Waals surface area contributed by atoms with E-state index in [2.05, 4.69) is 5.32 Å². The summed E-state index contributed by atoms with van der Waals surface area (Å²) in [5.41, 5.74) is 1.89. The standard InChI is InChI=1S/C22H22B4ClF2N3O4/c23-17-10(9-31(26)20(36)21(28,29)11-2-4-12(27)5-3-11)1-6-13-16(17)22(24,25)32(19(13)35)14-7-8-15(33)30-18(14)34/h1-6,14H,7-9,23-26H2,(H,30,33,34). The Hall–Kier alpha value is -3.07. The van der Waals surface area contributed by atoms with E-state index in [0.29, 0.717) is 22.2 Å². The van der Waals surface area contributed by atoms with E-state index in [1.54, 1.807) is 35.7 Å². The molecule has 4 amide bonds. The maximum Gasteiger partial charge on any atom is 0.348 e. The molecule has 1 saturated heterocycles. The summed E-state index contributed by atoms with van der Waals surface area (Å²) in [6, 6.07) is 7.27. The monoisotopic (exact) mass is 509 g/mol. The highest BCUT2D eigenvalue weighted by atomic mass is 35.5. The number of nitrogens with one attached hydrogen (secondary N) is 1. The third-order valence-electron chi connectivity index (χ3n) is 6.99. The zero-order valence-electron chi connectivity index (χ0n) is 20.3. The highest BCUT2D eigenvalue weighted by Gasteiger charge is 2.50. The molecule has 2 heterocycles. The summed E-state index contributed by atoms with van der Waals surface area (Å²) in [5, 5.41) is 1.68. The minimum absolute atomic E-state index is 0.107. The molecule has 0 saturated carbocycles. The minimum Gasteiger partial charge on any atom is -0.384 e. The Labute approximate surface area is 215 Å². The van der Waals surface area contributed by atoms with Gasteiger partial charge in [0.2, 0.25) is 19.8 Å². The average Bonchev–Trinajstić information content (AvgIpc) is 3.01. The van der Waals surface area contributed by atoms with E-state index in [4.69, 9.17) is 11.6 Å². The van der Waals surface area contributed by atoms with Gasteiger partial charge in [-0.05, 0) is 35.7 Å². The first-order chi connectivity index (χ1) is 16.8. The number of carbonyl (C=O) groups is 4. The number of benzene rings is 2. The van der Waals surface area contributed by atoms with Gasteiger partial charge in [0.05, 0.1) is 0 Å². The molecule has 1 fully saturated rings. The van der Waals surface area contributed by atoms with Gasteiger partial charge < -0.3 is 9.71 Å². The Morgan fingerprint density at radius 1 is 1.17 bits per heavy atom. The van der Waals surface area contributed by atoms with Crippen molar-refractivity contribution < 1.29 is 28.0 Å². The van der Waals surface area contributed by atoms with Crippen LogP contribution >= 0.6 is 11.6 Å². The van der Waals surface area contributed by atoms with Crippen molar-refractivity contribution in [2.24, 2.45) is 0 Å². The maximum absolute atomic E-state index is 14.9. The summed E-state index contributed by atoms with van der Waals surface area (Å²) in [7, 11) is 6.68. The lowest BCUT2D eigenvalue weighted by atomic mass is 9.55. The van der Waals surface area contributed by atoms with E-state index in [9.17, 15) is 28.0 Å². The van der Waals surface area contributed by atoms with E-state index >= 15 is 0 Å². The highest BCUT2D eigenvalue weighted by Crippen LogP contribution is 2.37. The number of piperidine rings is 1. The molecule has 14 heteroatoms. The number of halogens is 3. The molecule has 4 rings (SSSR count). The van der Waals surface area contributed by atoms with Crippen LogP contribution in [0.4, 0.5) is 8.78 Å². The van der Waals surface area contributed by atoms with Crippen LogP contribution in [0, 0.1) is 0 Å². The van der Waals surface area contributed by atoms with Crippen molar-refractivity contribution in [2.45, 2.75) is 36.7 Å². The SMILES string of the molecule is Bc1c(CN(B)C(=O)C(F)(F)c2ccc(Cl)cc2)ccc2c1C(B)(B)N(C1CCC(=O)NC1=O)C2=O. The lowest BCUT2D eigenvalue weighted by Crippen LogP contribution is -2.59. The summed E-state index contributed by atoms with van der Waals surface area (Å²) in [6.07, 6.45) is 0.350. The number of amides is 4. The van der Waals surface area contributed by atoms with E-state index in [1.165, 1.54) is 25.0 Å². The van der Waals surface area contributed by atoms with Gasteiger partial charge in [0.1, 0.15) is 29.6 Å². The van der Waals surface area contributed by atoms with Gasteiger partial charge in [0.15, 0.2) is 0 Å². The van der Waals surface area contributed by atoms with Crippen LogP contribution < -0.4 is 10.8 Å². The molecule has 182 valence electrons. The lowest BCUT2D eigenvalue weighted by Gasteiger charge is -2.40. The largest absolute Gasteiger partial charge is 0.384 e. The van der Waals surface area contributed by atoms with E-state index in [-0.39, 0.29) is 36.2 Å². The molecule has 1 atom stereocenters. The number of carbonyl (C=O) groups excluding carboxylic acids is 4. The van der Waals surface area contributed by atoms with Crippen molar-refractivity contribution >= 4 is 72.2 Å². The van der Waals surface area contributed by atoms with E-state index in [0.717, 1.165) is 16.9 Å². The first-order valence-corrected chi connectivity index (χ1v) is 11.8. The second kappa shape index (κ2) is 9.10. The first-order valence-electron chi connectivity index (χ1n) is 11.5. The topological polar surface area (TPSA) is 86.8 Å². The molecule has 0 aromatic heterocycles. The van der Waals surface area contributed by atoms with E-state index in [1.807, 2.05) is 0 Å². The lowest BCUT2D eigenvalue weighted by molar-refractivity contribution is -0.154. The molecular weight excluding hydrogens is 487 g/mol. The smallest absolute Gasteiger partial charge is 0.348 e. The predicted molar refractivity (Wildman–Crippen MR) is 140 cm³/mol. The molecule has 7 nitrogen and oxygen atoms in total. The number of fused-ring (bicyclic) bond motifs is 1. The molecule has 2 aliphatic rings. The van der Waals surface area contributed by atoms with Gasteiger partial charge in [-0.3, -0.25) is 24.5 Å². The van der Waals surface area contributed by atoms with E-state index < -0.39 is 34.7 Å². The van der Waals surface area contributed by atoms with Gasteiger partial charge in [-0.1, -0.05) is 35.3 Å². The molecular formula is C22H22B4ClF2N3O4. The quantitative estimate of drug-likeness (QED) is 0.370. The van der Waals surface area contributed by atoms with Gasteiger partial charge in [0, 0.05) is 34.5 Å². The Balaban J connectivity index is 1.62. The molecule has 1 N–H and O–H groups in total. The van der Waals surface area contributed by atoms with Crippen LogP contribution in [0.5, 0.6) is 0 Å². The number of imide groups is 1. The van der Waals surface area contributed by atoms with Crippen LogP contribution in [-0.2, 0) is 32.2 Å². The zero-order valence-corrected chi connectivity index (χ0v) is 21.1. The highest BCUT2D eigenvalue weighted by molar-refractivity contribution is 6.47. The van der Waals surface area contributed by atoms with Crippen LogP contribution in [0.25, 0.3) is 0 Å². The molecule has 0 radical (unpaired) electrons.